The van der Waals surface area contributed by atoms with Gasteiger partial charge in [-0.15, -0.1) is 0 Å². The van der Waals surface area contributed by atoms with Gasteiger partial charge >= 0.3 is 12.4 Å². The van der Waals surface area contributed by atoms with Crippen LogP contribution < -0.4 is 10.6 Å². The second-order valence-corrected chi connectivity index (χ2v) is 5.74. The largest absolute Gasteiger partial charge is 0.417 e. The molecule has 0 spiro atoms. The van der Waals surface area contributed by atoms with Gasteiger partial charge in [-0.25, -0.2) is 0 Å². The average Bonchev–Trinajstić information content (AvgIpc) is 3.18. The topological polar surface area (TPSA) is 36.4 Å². The number of hydrogen-bond acceptors (Lipinski definition) is 4. The molecule has 1 aromatic rings. The maximum Gasteiger partial charge on any atom is 0.417 e. The van der Waals surface area contributed by atoms with Gasteiger partial charge in [0, 0.05) is 18.0 Å². The molecule has 0 aromatic heterocycles. The zero-order valence-corrected chi connectivity index (χ0v) is 11.6. The van der Waals surface area contributed by atoms with E-state index in [9.17, 15) is 26.3 Å². The smallest absolute Gasteiger partial charge is 0.353 e. The Kier molecular flexibility index (Phi) is 3.46. The van der Waals surface area contributed by atoms with Crippen molar-refractivity contribution in [1.29, 1.82) is 0 Å². The van der Waals surface area contributed by atoms with Crippen molar-refractivity contribution >= 4 is 23.6 Å². The van der Waals surface area contributed by atoms with Gasteiger partial charge in [0.2, 0.25) is 5.96 Å². The summed E-state index contributed by atoms with van der Waals surface area (Å²) in [6.45, 7) is 0. The first-order valence-electron chi connectivity index (χ1n) is 6.25. The maximum absolute atomic E-state index is 13.0. The SMILES string of the molecule is FC(F)(F)c1cc2c(c(C(F)(F)F)c1)SN=C(NC1CC1)N2. The number of rotatable bonds is 1. The molecule has 2 aliphatic rings. The van der Waals surface area contributed by atoms with Crippen LogP contribution in [0.3, 0.4) is 0 Å². The van der Waals surface area contributed by atoms with E-state index >= 15 is 0 Å². The lowest BCUT2D eigenvalue weighted by atomic mass is 10.1. The second kappa shape index (κ2) is 4.97. The van der Waals surface area contributed by atoms with Crippen molar-refractivity contribution in [3.05, 3.63) is 23.3 Å². The molecule has 0 radical (unpaired) electrons. The fraction of sp³-hybridized carbons (Fsp3) is 0.417. The highest BCUT2D eigenvalue weighted by Crippen LogP contribution is 2.46. The van der Waals surface area contributed by atoms with Crippen LogP contribution in [0.25, 0.3) is 0 Å². The van der Waals surface area contributed by atoms with Crippen LogP contribution in [0, 0.1) is 0 Å². The van der Waals surface area contributed by atoms with Crippen LogP contribution in [-0.4, -0.2) is 12.0 Å². The van der Waals surface area contributed by atoms with Crippen molar-refractivity contribution in [2.75, 3.05) is 5.32 Å². The number of hydrogen-bond donors (Lipinski definition) is 2. The second-order valence-electron chi connectivity index (χ2n) is 4.97. The first kappa shape index (κ1) is 15.3. The van der Waals surface area contributed by atoms with E-state index in [1.54, 1.807) is 0 Å². The van der Waals surface area contributed by atoms with Gasteiger partial charge in [0.05, 0.1) is 21.7 Å². The minimum Gasteiger partial charge on any atom is -0.353 e. The molecule has 10 heteroatoms. The summed E-state index contributed by atoms with van der Waals surface area (Å²) in [4.78, 5) is -0.359. The molecule has 1 heterocycles. The summed E-state index contributed by atoms with van der Waals surface area (Å²) in [5, 5.41) is 5.42. The van der Waals surface area contributed by atoms with E-state index in [2.05, 4.69) is 15.0 Å². The summed E-state index contributed by atoms with van der Waals surface area (Å²) in [6.07, 6.45) is -7.96. The number of halogens is 6. The van der Waals surface area contributed by atoms with E-state index < -0.39 is 23.5 Å². The van der Waals surface area contributed by atoms with Crippen LogP contribution in [0.1, 0.15) is 24.0 Å². The molecule has 1 saturated carbocycles. The summed E-state index contributed by atoms with van der Waals surface area (Å²) >= 11 is 0.515. The van der Waals surface area contributed by atoms with Crippen LogP contribution in [0.15, 0.2) is 21.4 Å². The molecule has 0 atom stereocenters. The highest BCUT2D eigenvalue weighted by molar-refractivity contribution is 7.98. The predicted octanol–water partition coefficient (Wildman–Crippen LogP) is 4.26. The third kappa shape index (κ3) is 3.11. The molecule has 22 heavy (non-hydrogen) atoms. The Morgan fingerprint density at radius 3 is 2.32 bits per heavy atom. The zero-order valence-electron chi connectivity index (χ0n) is 10.8. The summed E-state index contributed by atoms with van der Waals surface area (Å²) in [5.74, 6) is 0.174. The third-order valence-electron chi connectivity index (χ3n) is 3.12. The van der Waals surface area contributed by atoms with Crippen molar-refractivity contribution < 1.29 is 26.3 Å². The lowest BCUT2D eigenvalue weighted by molar-refractivity contribution is -0.144. The average molecular weight is 341 g/mol. The standard InChI is InChI=1S/C12H9F6N3S/c13-11(14,15)5-3-7(12(16,17)18)9-8(4-5)20-10(21-22-9)19-6-1-2-6/h3-4,6H,1-2H2,(H2,19,20,21). The van der Waals surface area contributed by atoms with Crippen LogP contribution in [0.5, 0.6) is 0 Å². The van der Waals surface area contributed by atoms with Gasteiger partial charge in [0.25, 0.3) is 0 Å². The Labute approximate surface area is 125 Å². The molecule has 120 valence electrons. The molecular weight excluding hydrogens is 332 g/mol. The van der Waals surface area contributed by atoms with E-state index in [4.69, 9.17) is 0 Å². The van der Waals surface area contributed by atoms with Gasteiger partial charge in [-0.1, -0.05) is 0 Å². The van der Waals surface area contributed by atoms with Crippen LogP contribution in [-0.2, 0) is 12.4 Å². The minimum absolute atomic E-state index is 0.113. The molecular formula is C12H9F6N3S. The van der Waals surface area contributed by atoms with Crippen LogP contribution in [0.2, 0.25) is 0 Å². The quantitative estimate of drug-likeness (QED) is 0.592. The number of anilines is 1. The molecule has 1 aromatic carbocycles. The summed E-state index contributed by atoms with van der Waals surface area (Å²) < 4.78 is 81.2. The molecule has 1 aliphatic carbocycles. The summed E-state index contributed by atoms with van der Waals surface area (Å²) in [7, 11) is 0. The molecule has 2 N–H and O–H groups in total. The Hall–Kier alpha value is -1.58. The highest BCUT2D eigenvalue weighted by atomic mass is 32.2. The van der Waals surface area contributed by atoms with E-state index in [0.29, 0.717) is 18.0 Å². The van der Waals surface area contributed by atoms with Gasteiger partial charge in [-0.2, -0.15) is 30.7 Å². The van der Waals surface area contributed by atoms with Gasteiger partial charge in [0.1, 0.15) is 0 Å². The van der Waals surface area contributed by atoms with Crippen molar-refractivity contribution in [1.82, 2.24) is 5.32 Å². The Morgan fingerprint density at radius 2 is 1.77 bits per heavy atom. The van der Waals surface area contributed by atoms with Gasteiger partial charge in [-0.05, 0) is 25.0 Å². The number of guanidine groups is 1. The minimum atomic E-state index is -4.89. The molecule has 3 nitrogen and oxygen atoms in total. The lowest BCUT2D eigenvalue weighted by Gasteiger charge is -2.23. The Balaban J connectivity index is 2.01. The lowest BCUT2D eigenvalue weighted by Crippen LogP contribution is -2.33. The fourth-order valence-corrected chi connectivity index (χ4v) is 2.68. The summed E-state index contributed by atoms with van der Waals surface area (Å²) in [6, 6.07) is 0.949. The summed E-state index contributed by atoms with van der Waals surface area (Å²) in [5.41, 5.74) is -2.94. The first-order valence-corrected chi connectivity index (χ1v) is 7.03. The van der Waals surface area contributed by atoms with Crippen LogP contribution in [0.4, 0.5) is 32.0 Å². The molecule has 0 saturated heterocycles. The van der Waals surface area contributed by atoms with Crippen molar-refractivity contribution in [3.63, 3.8) is 0 Å². The van der Waals surface area contributed by atoms with Crippen LogP contribution >= 0.6 is 11.9 Å². The monoisotopic (exact) mass is 341 g/mol. The molecule has 1 aliphatic heterocycles. The maximum atomic E-state index is 13.0. The fourth-order valence-electron chi connectivity index (χ4n) is 1.92. The Morgan fingerprint density at radius 1 is 1.09 bits per heavy atom. The van der Waals surface area contributed by atoms with Crippen molar-refractivity contribution in [3.8, 4) is 0 Å². The molecule has 0 unspecified atom stereocenters. The predicted molar refractivity (Wildman–Crippen MR) is 69.5 cm³/mol. The number of benzene rings is 1. The van der Waals surface area contributed by atoms with E-state index in [0.717, 1.165) is 12.8 Å². The number of nitrogens with one attached hydrogen (secondary N) is 2. The number of alkyl halides is 6. The third-order valence-corrected chi connectivity index (χ3v) is 4.02. The molecule has 0 bridgehead atoms. The van der Waals surface area contributed by atoms with E-state index in [1.165, 1.54) is 0 Å². The normalized spacial score (nSPS) is 18.4. The molecule has 0 amide bonds. The first-order chi connectivity index (χ1) is 10.1. The molecule has 3 rings (SSSR count). The Bertz CT molecular complexity index is 633. The van der Waals surface area contributed by atoms with Gasteiger partial charge < -0.3 is 10.6 Å². The van der Waals surface area contributed by atoms with Crippen molar-refractivity contribution in [2.24, 2.45) is 4.40 Å². The van der Waals surface area contributed by atoms with Gasteiger partial charge in [0.15, 0.2) is 0 Å². The number of fused-ring (bicyclic) bond motifs is 1. The highest BCUT2D eigenvalue weighted by Gasteiger charge is 2.41. The zero-order chi connectivity index (χ0) is 16.1. The van der Waals surface area contributed by atoms with Gasteiger partial charge in [-0.3, -0.25) is 0 Å². The van der Waals surface area contributed by atoms with Crippen molar-refractivity contribution in [2.45, 2.75) is 36.1 Å². The van der Waals surface area contributed by atoms with E-state index in [1.807, 2.05) is 0 Å². The number of nitrogens with zero attached hydrogens (tertiary/aromatic N) is 1. The van der Waals surface area contributed by atoms with E-state index in [-0.39, 0.29) is 28.7 Å². The molecule has 1 fully saturated rings.